The Morgan fingerprint density at radius 3 is 2.60 bits per heavy atom. The van der Waals surface area contributed by atoms with Gasteiger partial charge in [-0.3, -0.25) is 4.90 Å². The van der Waals surface area contributed by atoms with Crippen molar-refractivity contribution in [1.29, 1.82) is 0 Å². The largest absolute Gasteiger partial charge is 0.443 e. The van der Waals surface area contributed by atoms with Crippen LogP contribution in [-0.2, 0) is 9.47 Å². The lowest BCUT2D eigenvalue weighted by Gasteiger charge is -2.29. The number of carbonyl (C=O) groups is 1. The van der Waals surface area contributed by atoms with E-state index in [0.29, 0.717) is 50.8 Å². The number of morpholine rings is 1. The Labute approximate surface area is 176 Å². The minimum atomic E-state index is -0.441. The molecule has 2 saturated heterocycles. The Balaban J connectivity index is 1.36. The van der Waals surface area contributed by atoms with E-state index in [1.54, 1.807) is 12.1 Å². The summed E-state index contributed by atoms with van der Waals surface area (Å²) in [4.78, 5) is 15.8. The smallest absolute Gasteiger partial charge is 0.414 e. The van der Waals surface area contributed by atoms with E-state index >= 15 is 0 Å². The molecule has 0 saturated carbocycles. The van der Waals surface area contributed by atoms with Crippen molar-refractivity contribution in [3.05, 3.63) is 59.4 Å². The molecule has 4 rings (SSSR count). The first-order valence-corrected chi connectivity index (χ1v) is 10.4. The van der Waals surface area contributed by atoms with Gasteiger partial charge in [-0.25, -0.2) is 9.18 Å². The van der Waals surface area contributed by atoms with E-state index in [0.717, 1.165) is 0 Å². The number of hydrogen-bond acceptors (Lipinski definition) is 5. The molecule has 6 nitrogen and oxygen atoms in total. The molecule has 30 heavy (non-hydrogen) atoms. The van der Waals surface area contributed by atoms with Gasteiger partial charge in [0, 0.05) is 25.7 Å². The van der Waals surface area contributed by atoms with Crippen molar-refractivity contribution in [2.75, 3.05) is 49.2 Å². The highest BCUT2D eigenvalue weighted by Crippen LogP contribution is 2.28. The van der Waals surface area contributed by atoms with Crippen molar-refractivity contribution in [1.82, 2.24) is 5.32 Å². The van der Waals surface area contributed by atoms with Crippen LogP contribution < -0.4 is 15.1 Å². The summed E-state index contributed by atoms with van der Waals surface area (Å²) in [5.74, 6) is -0.336. The molecule has 2 aromatic rings. The number of rotatable bonds is 6. The van der Waals surface area contributed by atoms with E-state index < -0.39 is 6.09 Å². The molecule has 0 spiro atoms. The lowest BCUT2D eigenvalue weighted by atomic mass is 10.1. The molecule has 1 N–H and O–H groups in total. The van der Waals surface area contributed by atoms with Crippen LogP contribution in [0.25, 0.3) is 0 Å². The summed E-state index contributed by atoms with van der Waals surface area (Å²) in [7, 11) is 0. The van der Waals surface area contributed by atoms with E-state index in [4.69, 9.17) is 9.47 Å². The molecular formula is C23H28FN3O3. The van der Waals surface area contributed by atoms with Crippen LogP contribution in [0.1, 0.15) is 24.1 Å². The molecule has 2 aliphatic rings. The number of carbonyl (C=O) groups excluding carboxylic acids is 1. The molecule has 0 radical (unpaired) electrons. The Bertz CT molecular complexity index is 884. The third-order valence-corrected chi connectivity index (χ3v) is 5.70. The third kappa shape index (κ3) is 4.57. The number of benzene rings is 2. The van der Waals surface area contributed by atoms with Gasteiger partial charge in [0.15, 0.2) is 0 Å². The lowest BCUT2D eigenvalue weighted by molar-refractivity contribution is 0.122. The summed E-state index contributed by atoms with van der Waals surface area (Å²) in [6, 6.07) is 13.4. The Hall–Kier alpha value is -2.64. The third-order valence-electron chi connectivity index (χ3n) is 5.70. The second-order valence-electron chi connectivity index (χ2n) is 7.89. The number of nitrogens with one attached hydrogen (secondary N) is 1. The van der Waals surface area contributed by atoms with Crippen molar-refractivity contribution in [3.8, 4) is 0 Å². The lowest BCUT2D eigenvalue weighted by Crippen LogP contribution is -2.36. The fraction of sp³-hybridized carbons (Fsp3) is 0.435. The van der Waals surface area contributed by atoms with Crippen LogP contribution in [0.4, 0.5) is 20.6 Å². The van der Waals surface area contributed by atoms with Gasteiger partial charge < -0.3 is 19.7 Å². The highest BCUT2D eigenvalue weighted by atomic mass is 19.1. The van der Waals surface area contributed by atoms with Crippen LogP contribution in [0.5, 0.6) is 0 Å². The molecule has 2 heterocycles. The molecule has 2 fully saturated rings. The average Bonchev–Trinajstić information content (AvgIpc) is 3.13. The van der Waals surface area contributed by atoms with Gasteiger partial charge >= 0.3 is 6.09 Å². The number of halogens is 1. The summed E-state index contributed by atoms with van der Waals surface area (Å²) >= 11 is 0. The van der Waals surface area contributed by atoms with E-state index in [1.165, 1.54) is 22.1 Å². The minimum Gasteiger partial charge on any atom is -0.443 e. The zero-order valence-corrected chi connectivity index (χ0v) is 17.4. The molecule has 0 aliphatic carbocycles. The van der Waals surface area contributed by atoms with Gasteiger partial charge in [-0.1, -0.05) is 29.8 Å². The number of hydrogen-bond donors (Lipinski definition) is 1. The van der Waals surface area contributed by atoms with E-state index in [2.05, 4.69) is 43.4 Å². The SMILES string of the molecule is Cc1ccc([C@H](C)NC[C@@H]2CN(c3ccc(N4CCOCC4)c(F)c3)C(=O)O2)cc1. The fourth-order valence-electron chi connectivity index (χ4n) is 3.84. The van der Waals surface area contributed by atoms with E-state index in [9.17, 15) is 9.18 Å². The predicted molar refractivity (Wildman–Crippen MR) is 115 cm³/mol. The molecule has 2 aliphatic heterocycles. The highest BCUT2D eigenvalue weighted by Gasteiger charge is 2.33. The molecular weight excluding hydrogens is 385 g/mol. The Morgan fingerprint density at radius 2 is 1.90 bits per heavy atom. The zero-order valence-electron chi connectivity index (χ0n) is 17.4. The normalized spacial score (nSPS) is 20.4. The number of amides is 1. The van der Waals surface area contributed by atoms with Gasteiger partial charge in [0.1, 0.15) is 11.9 Å². The highest BCUT2D eigenvalue weighted by molar-refractivity contribution is 5.90. The van der Waals surface area contributed by atoms with Crippen LogP contribution in [-0.4, -0.2) is 51.6 Å². The fourth-order valence-corrected chi connectivity index (χ4v) is 3.84. The number of cyclic esters (lactones) is 1. The number of anilines is 2. The van der Waals surface area contributed by atoms with E-state index in [-0.39, 0.29) is 18.0 Å². The second-order valence-corrected chi connectivity index (χ2v) is 7.89. The summed E-state index contributed by atoms with van der Waals surface area (Å²) in [5.41, 5.74) is 3.46. The maximum absolute atomic E-state index is 14.7. The quantitative estimate of drug-likeness (QED) is 0.784. The van der Waals surface area contributed by atoms with Crippen LogP contribution >= 0.6 is 0 Å². The van der Waals surface area contributed by atoms with Gasteiger partial charge in [-0.15, -0.1) is 0 Å². The van der Waals surface area contributed by atoms with Gasteiger partial charge in [0.05, 0.1) is 31.1 Å². The summed E-state index contributed by atoms with van der Waals surface area (Å²) < 4.78 is 25.5. The second kappa shape index (κ2) is 9.02. The van der Waals surface area contributed by atoms with Crippen molar-refractivity contribution >= 4 is 17.5 Å². The van der Waals surface area contributed by atoms with Crippen molar-refractivity contribution in [2.45, 2.75) is 26.0 Å². The number of aryl methyl sites for hydroxylation is 1. The first kappa shape index (κ1) is 20.6. The molecule has 1 amide bonds. The van der Waals surface area contributed by atoms with Crippen molar-refractivity contribution in [2.24, 2.45) is 0 Å². The minimum absolute atomic E-state index is 0.142. The van der Waals surface area contributed by atoms with Crippen LogP contribution in [0.3, 0.4) is 0 Å². The van der Waals surface area contributed by atoms with Gasteiger partial charge in [-0.05, 0) is 37.6 Å². The first-order chi connectivity index (χ1) is 14.5. The summed E-state index contributed by atoms with van der Waals surface area (Å²) in [5, 5.41) is 3.42. The summed E-state index contributed by atoms with van der Waals surface area (Å²) in [6.45, 7) is 7.58. The van der Waals surface area contributed by atoms with E-state index in [1.807, 2.05) is 4.90 Å². The molecule has 160 valence electrons. The zero-order chi connectivity index (χ0) is 21.1. The van der Waals surface area contributed by atoms with Crippen LogP contribution in [0.15, 0.2) is 42.5 Å². The Kier molecular flexibility index (Phi) is 6.20. The van der Waals surface area contributed by atoms with Gasteiger partial charge in [0.2, 0.25) is 0 Å². The maximum Gasteiger partial charge on any atom is 0.414 e. The standard InChI is InChI=1S/C23H28FN3O3/c1-16-3-5-18(6-4-16)17(2)25-14-20-15-27(23(28)30-20)19-7-8-22(21(24)13-19)26-9-11-29-12-10-26/h3-8,13,17,20,25H,9-12,14-15H2,1-2H3/t17-,20+/m0/s1. The Morgan fingerprint density at radius 1 is 1.17 bits per heavy atom. The van der Waals surface area contributed by atoms with Gasteiger partial charge in [0.25, 0.3) is 0 Å². The van der Waals surface area contributed by atoms with Gasteiger partial charge in [-0.2, -0.15) is 0 Å². The molecule has 0 unspecified atom stereocenters. The molecule has 2 aromatic carbocycles. The topological polar surface area (TPSA) is 54.0 Å². The van der Waals surface area contributed by atoms with Crippen LogP contribution in [0.2, 0.25) is 0 Å². The number of nitrogens with zero attached hydrogens (tertiary/aromatic N) is 2. The molecule has 0 aromatic heterocycles. The average molecular weight is 413 g/mol. The summed E-state index contributed by atoms with van der Waals surface area (Å²) in [6.07, 6.45) is -0.726. The predicted octanol–water partition coefficient (Wildman–Crippen LogP) is 3.65. The number of ether oxygens (including phenoxy) is 2. The monoisotopic (exact) mass is 413 g/mol. The molecule has 0 bridgehead atoms. The molecule has 7 heteroatoms. The maximum atomic E-state index is 14.7. The van der Waals surface area contributed by atoms with Crippen LogP contribution in [0, 0.1) is 12.7 Å². The van der Waals surface area contributed by atoms with Crippen molar-refractivity contribution < 1.29 is 18.7 Å². The van der Waals surface area contributed by atoms with Crippen molar-refractivity contribution in [3.63, 3.8) is 0 Å². The molecule has 2 atom stereocenters. The first-order valence-electron chi connectivity index (χ1n) is 10.4.